The second-order valence-corrected chi connectivity index (χ2v) is 5.15. The molecule has 0 spiro atoms. The normalized spacial score (nSPS) is 10.9. The van der Waals surface area contributed by atoms with Crippen LogP contribution in [0.2, 0.25) is 0 Å². The highest BCUT2D eigenvalue weighted by atomic mass is 16.6. The summed E-state index contributed by atoms with van der Waals surface area (Å²) in [4.78, 5) is 11.5. The van der Waals surface area contributed by atoms with Gasteiger partial charge in [-0.15, -0.1) is 0 Å². The van der Waals surface area contributed by atoms with E-state index in [9.17, 15) is 4.79 Å². The average Bonchev–Trinajstić information content (AvgIpc) is 2.25. The summed E-state index contributed by atoms with van der Waals surface area (Å²) in [6.07, 6.45) is -0.412. The first kappa shape index (κ1) is 14.4. The summed E-state index contributed by atoms with van der Waals surface area (Å²) in [6, 6.07) is 5.77. The maximum Gasteiger partial charge on any atom is 0.407 e. The molecule has 0 aliphatic carbocycles. The van der Waals surface area contributed by atoms with E-state index in [2.05, 4.69) is 5.32 Å². The fourth-order valence-electron chi connectivity index (χ4n) is 1.45. The van der Waals surface area contributed by atoms with Gasteiger partial charge in [0.1, 0.15) is 19.2 Å². The molecule has 0 atom stereocenters. The van der Waals surface area contributed by atoms with Gasteiger partial charge in [-0.2, -0.15) is 0 Å². The first-order chi connectivity index (χ1) is 8.31. The summed E-state index contributed by atoms with van der Waals surface area (Å²) < 4.78 is 10.3. The molecule has 1 aromatic rings. The Balaban J connectivity index is 2.60. The van der Waals surface area contributed by atoms with Crippen molar-refractivity contribution in [2.45, 2.75) is 32.9 Å². The monoisotopic (exact) mass is 249 g/mol. The summed E-state index contributed by atoms with van der Waals surface area (Å²) in [6.45, 7) is 5.94. The molecular weight excluding hydrogens is 229 g/mol. The van der Waals surface area contributed by atoms with Crippen LogP contribution in [0.4, 0.5) is 4.79 Å². The van der Waals surface area contributed by atoms with E-state index >= 15 is 0 Å². The number of methoxy groups -OCH3 is 1. The minimum Gasteiger partial charge on any atom is -0.497 e. The van der Waals surface area contributed by atoms with E-state index < -0.39 is 11.7 Å². The first-order valence-electron chi connectivity index (χ1n) is 5.92. The third-order valence-electron chi connectivity index (χ3n) is 2.38. The minimum absolute atomic E-state index is 0.412. The zero-order valence-corrected chi connectivity index (χ0v) is 11.7. The largest absolute Gasteiger partial charge is 0.497 e. The van der Waals surface area contributed by atoms with Crippen molar-refractivity contribution in [2.24, 2.45) is 0 Å². The molecule has 0 saturated heterocycles. The van der Waals surface area contributed by atoms with Gasteiger partial charge in [-0.25, -0.2) is 4.79 Å². The molecule has 0 aliphatic rings. The van der Waals surface area contributed by atoms with E-state index in [1.807, 2.05) is 46.8 Å². The molecule has 1 aromatic carbocycles. The van der Waals surface area contributed by atoms with Crippen LogP contribution in [0, 0.1) is 0 Å². The van der Waals surface area contributed by atoms with Crippen LogP contribution < -0.4 is 15.5 Å². The summed E-state index contributed by atoms with van der Waals surface area (Å²) in [5, 5.41) is 2.73. The van der Waals surface area contributed by atoms with Gasteiger partial charge in [0, 0.05) is 6.54 Å². The number of amides is 1. The van der Waals surface area contributed by atoms with Gasteiger partial charge in [0.05, 0.1) is 7.11 Å². The molecule has 1 N–H and O–H groups in total. The summed E-state index contributed by atoms with van der Waals surface area (Å²) in [5.74, 6) is 0.779. The van der Waals surface area contributed by atoms with Crippen molar-refractivity contribution >= 4 is 19.4 Å². The lowest BCUT2D eigenvalue weighted by molar-refractivity contribution is 0.0523. The highest BCUT2D eigenvalue weighted by Gasteiger charge is 2.15. The molecule has 98 valence electrons. The Kier molecular flexibility index (Phi) is 4.65. The lowest BCUT2D eigenvalue weighted by Crippen LogP contribution is -2.33. The van der Waals surface area contributed by atoms with Gasteiger partial charge in [-0.3, -0.25) is 0 Å². The Bertz CT molecular complexity index is 427. The molecule has 0 aromatic heterocycles. The smallest absolute Gasteiger partial charge is 0.407 e. The van der Waals surface area contributed by atoms with E-state index in [0.717, 1.165) is 16.8 Å². The van der Waals surface area contributed by atoms with Gasteiger partial charge in [-0.1, -0.05) is 11.5 Å². The predicted octanol–water partition coefficient (Wildman–Crippen LogP) is 0.978. The molecule has 0 heterocycles. The minimum atomic E-state index is -0.479. The molecule has 18 heavy (non-hydrogen) atoms. The molecule has 0 bridgehead atoms. The number of carbonyl (C=O) groups is 1. The van der Waals surface area contributed by atoms with Crippen molar-refractivity contribution in [3.63, 3.8) is 0 Å². The van der Waals surface area contributed by atoms with Crippen LogP contribution >= 0.6 is 0 Å². The fraction of sp³-hybridized carbons (Fsp3) is 0.462. The topological polar surface area (TPSA) is 47.6 Å². The van der Waals surface area contributed by atoms with Crippen molar-refractivity contribution in [1.82, 2.24) is 5.32 Å². The number of alkyl carbamates (subject to hydrolysis) is 1. The quantitative estimate of drug-likeness (QED) is 0.812. The van der Waals surface area contributed by atoms with Crippen LogP contribution in [0.15, 0.2) is 18.2 Å². The van der Waals surface area contributed by atoms with Crippen LogP contribution in [0.1, 0.15) is 26.3 Å². The maximum atomic E-state index is 11.5. The SMILES string of the molecule is Bc1ccc(OC)cc1CNC(=O)OC(C)(C)C. The highest BCUT2D eigenvalue weighted by molar-refractivity contribution is 6.33. The van der Waals surface area contributed by atoms with Gasteiger partial charge in [-0.05, 0) is 38.5 Å². The number of carbonyl (C=O) groups excluding carboxylic acids is 1. The van der Waals surface area contributed by atoms with Crippen LogP contribution in [0.3, 0.4) is 0 Å². The van der Waals surface area contributed by atoms with E-state index in [0.29, 0.717) is 6.54 Å². The van der Waals surface area contributed by atoms with Crippen LogP contribution in [0.25, 0.3) is 0 Å². The van der Waals surface area contributed by atoms with Crippen molar-refractivity contribution in [3.05, 3.63) is 23.8 Å². The highest BCUT2D eigenvalue weighted by Crippen LogP contribution is 2.11. The molecule has 0 radical (unpaired) electrons. The zero-order chi connectivity index (χ0) is 13.8. The third kappa shape index (κ3) is 4.69. The average molecular weight is 249 g/mol. The van der Waals surface area contributed by atoms with Crippen molar-refractivity contribution in [3.8, 4) is 5.75 Å². The van der Waals surface area contributed by atoms with Crippen molar-refractivity contribution < 1.29 is 14.3 Å². The molecule has 4 nitrogen and oxygen atoms in total. The number of nitrogens with one attached hydrogen (secondary N) is 1. The van der Waals surface area contributed by atoms with Gasteiger partial charge in [0.25, 0.3) is 0 Å². The van der Waals surface area contributed by atoms with Crippen molar-refractivity contribution in [2.75, 3.05) is 7.11 Å². The predicted molar refractivity (Wildman–Crippen MR) is 74.2 cm³/mol. The lowest BCUT2D eigenvalue weighted by Gasteiger charge is -2.20. The van der Waals surface area contributed by atoms with Gasteiger partial charge < -0.3 is 14.8 Å². The Morgan fingerprint density at radius 1 is 1.39 bits per heavy atom. The Morgan fingerprint density at radius 2 is 2.06 bits per heavy atom. The Morgan fingerprint density at radius 3 is 2.61 bits per heavy atom. The summed E-state index contributed by atoms with van der Waals surface area (Å²) in [7, 11) is 3.61. The molecule has 1 amide bonds. The van der Waals surface area contributed by atoms with Crippen LogP contribution in [-0.2, 0) is 11.3 Å². The number of ether oxygens (including phenoxy) is 2. The molecule has 1 rings (SSSR count). The number of hydrogen-bond acceptors (Lipinski definition) is 3. The van der Waals surface area contributed by atoms with E-state index in [-0.39, 0.29) is 0 Å². The second kappa shape index (κ2) is 5.80. The number of benzene rings is 1. The van der Waals surface area contributed by atoms with Gasteiger partial charge in [0.2, 0.25) is 0 Å². The Hall–Kier alpha value is -1.65. The van der Waals surface area contributed by atoms with Crippen LogP contribution in [-0.4, -0.2) is 26.7 Å². The molecule has 0 unspecified atom stereocenters. The maximum absolute atomic E-state index is 11.5. The van der Waals surface area contributed by atoms with E-state index in [1.54, 1.807) is 7.11 Å². The van der Waals surface area contributed by atoms with E-state index in [1.165, 1.54) is 0 Å². The first-order valence-corrected chi connectivity index (χ1v) is 5.92. The summed E-state index contributed by atoms with van der Waals surface area (Å²) >= 11 is 0. The Labute approximate surface area is 109 Å². The number of rotatable bonds is 3. The molecule has 0 aliphatic heterocycles. The molecular formula is C13H20BNO3. The van der Waals surface area contributed by atoms with Crippen LogP contribution in [0.5, 0.6) is 5.75 Å². The fourth-order valence-corrected chi connectivity index (χ4v) is 1.45. The zero-order valence-electron chi connectivity index (χ0n) is 11.7. The lowest BCUT2D eigenvalue weighted by atomic mass is 9.90. The molecule has 0 fully saturated rings. The van der Waals surface area contributed by atoms with Gasteiger partial charge >= 0.3 is 6.09 Å². The standard InChI is InChI=1S/C13H20BNO3/c1-13(2,3)18-12(16)15-8-9-7-10(17-4)5-6-11(9)14/h5-7H,8,14H2,1-4H3,(H,15,16). The molecule has 0 saturated carbocycles. The third-order valence-corrected chi connectivity index (χ3v) is 2.38. The summed E-state index contributed by atoms with van der Waals surface area (Å²) in [5.41, 5.74) is 1.64. The van der Waals surface area contributed by atoms with Gasteiger partial charge in [0.15, 0.2) is 0 Å². The van der Waals surface area contributed by atoms with Crippen molar-refractivity contribution in [1.29, 1.82) is 0 Å². The second-order valence-electron chi connectivity index (χ2n) is 5.15. The molecule has 5 heteroatoms. The van der Waals surface area contributed by atoms with E-state index in [4.69, 9.17) is 9.47 Å². The number of hydrogen-bond donors (Lipinski definition) is 1.